The third-order valence-corrected chi connectivity index (χ3v) is 10.5. The molecule has 294 valence electrons. The Bertz CT molecular complexity index is 1150. The molecule has 4 aliphatic rings. The summed E-state index contributed by atoms with van der Waals surface area (Å²) in [5.41, 5.74) is 1.13. The summed E-state index contributed by atoms with van der Waals surface area (Å²) in [5, 5.41) is 21.9. The Balaban J connectivity index is 0.000000422. The van der Waals surface area contributed by atoms with Crippen molar-refractivity contribution >= 4 is 5.91 Å². The van der Waals surface area contributed by atoms with E-state index in [0.717, 1.165) is 37.9 Å². The minimum Gasteiger partial charge on any atom is -0.386 e. The Morgan fingerprint density at radius 3 is 2.37 bits per heavy atom. The molecule has 0 saturated carbocycles. The monoisotopic (exact) mass is 724 g/mol. The first-order chi connectivity index (χ1) is 24.2. The average molecular weight is 724 g/mol. The lowest BCUT2D eigenvalue weighted by Gasteiger charge is -2.38. The van der Waals surface area contributed by atoms with Crippen LogP contribution in [0.15, 0.2) is 30.3 Å². The van der Waals surface area contributed by atoms with Gasteiger partial charge in [-0.1, -0.05) is 65.0 Å². The van der Waals surface area contributed by atoms with Crippen LogP contribution in [0.3, 0.4) is 0 Å². The smallest absolute Gasteiger partial charge is 0.225 e. The number of nitrogens with one attached hydrogen (secondary N) is 1. The summed E-state index contributed by atoms with van der Waals surface area (Å²) in [6.07, 6.45) is 0.438. The number of amides is 1. The molecule has 51 heavy (non-hydrogen) atoms. The van der Waals surface area contributed by atoms with E-state index >= 15 is 0 Å². The molecule has 0 aromatic heterocycles. The summed E-state index contributed by atoms with van der Waals surface area (Å²) in [6, 6.07) is 10.1. The fraction of sp³-hybridized carbons (Fsp3) is 0.821. The lowest BCUT2D eigenvalue weighted by atomic mass is 9.85. The number of ether oxygens (including phenoxy) is 6. The van der Waals surface area contributed by atoms with Crippen LogP contribution >= 0.6 is 0 Å². The van der Waals surface area contributed by atoms with E-state index in [9.17, 15) is 15.0 Å². The minimum atomic E-state index is -1.04. The third kappa shape index (κ3) is 12.7. The Kier molecular flexibility index (Phi) is 17.7. The molecule has 1 aromatic carbocycles. The zero-order valence-corrected chi connectivity index (χ0v) is 33.1. The van der Waals surface area contributed by atoms with Crippen molar-refractivity contribution in [3.05, 3.63) is 35.9 Å². The average Bonchev–Trinajstić information content (AvgIpc) is 3.85. The molecule has 12 heteroatoms. The summed E-state index contributed by atoms with van der Waals surface area (Å²) in [6.45, 7) is 17.0. The van der Waals surface area contributed by atoms with E-state index < -0.39 is 24.5 Å². The Labute approximate surface area is 307 Å². The number of methoxy groups -OCH3 is 1. The van der Waals surface area contributed by atoms with Gasteiger partial charge in [-0.05, 0) is 78.2 Å². The zero-order valence-electron chi connectivity index (χ0n) is 33.1. The number of likely N-dealkylation sites (N-methyl/N-ethyl adjacent to an activating group) is 2. The van der Waals surface area contributed by atoms with Gasteiger partial charge >= 0.3 is 0 Å². The maximum atomic E-state index is 13.4. The SMILES string of the molecule is CC.CC1CC(N(C)C)C(O)C(O)O1.COC12CC(OC3C(C)C[C@@H](C)CCN(C)C[C@H](OCc4ccccc4)CNC(=O)C3C)OC(C)C1O2. The van der Waals surface area contributed by atoms with Gasteiger partial charge in [0, 0.05) is 26.2 Å². The molecule has 5 rings (SSSR count). The summed E-state index contributed by atoms with van der Waals surface area (Å²) in [4.78, 5) is 17.6. The normalized spacial score (nSPS) is 39.4. The topological polar surface area (TPSA) is 135 Å². The fourth-order valence-electron chi connectivity index (χ4n) is 7.45. The van der Waals surface area contributed by atoms with Crippen LogP contribution in [0.1, 0.15) is 79.7 Å². The molecule has 4 heterocycles. The molecule has 4 saturated heterocycles. The first kappa shape index (κ1) is 43.7. The highest BCUT2D eigenvalue weighted by Crippen LogP contribution is 2.49. The summed E-state index contributed by atoms with van der Waals surface area (Å²) in [7, 11) is 7.57. The molecule has 1 aromatic rings. The maximum absolute atomic E-state index is 13.4. The number of aliphatic hydroxyl groups excluding tert-OH is 2. The number of epoxide rings is 1. The van der Waals surface area contributed by atoms with Crippen LogP contribution in [-0.2, 0) is 39.8 Å². The van der Waals surface area contributed by atoms with Gasteiger partial charge in [0.15, 0.2) is 12.6 Å². The van der Waals surface area contributed by atoms with Gasteiger partial charge in [0.1, 0.15) is 12.2 Å². The van der Waals surface area contributed by atoms with Crippen molar-refractivity contribution in [2.75, 3.05) is 47.9 Å². The molecular formula is C39H69N3O9. The van der Waals surface area contributed by atoms with E-state index in [1.54, 1.807) is 7.11 Å². The van der Waals surface area contributed by atoms with Crippen LogP contribution in [0.4, 0.5) is 0 Å². The largest absolute Gasteiger partial charge is 0.386 e. The molecule has 12 nitrogen and oxygen atoms in total. The van der Waals surface area contributed by atoms with Crippen molar-refractivity contribution in [2.45, 2.75) is 142 Å². The van der Waals surface area contributed by atoms with E-state index in [1.807, 2.05) is 71.8 Å². The fourth-order valence-corrected chi connectivity index (χ4v) is 7.45. The molecular weight excluding hydrogens is 654 g/mol. The van der Waals surface area contributed by atoms with Gasteiger partial charge in [-0.2, -0.15) is 0 Å². The van der Waals surface area contributed by atoms with Crippen molar-refractivity contribution in [3.8, 4) is 0 Å². The van der Waals surface area contributed by atoms with Gasteiger partial charge in [0.2, 0.25) is 11.7 Å². The molecule has 0 radical (unpaired) electrons. The number of rotatable bonds is 7. The lowest BCUT2D eigenvalue weighted by Crippen LogP contribution is -2.53. The summed E-state index contributed by atoms with van der Waals surface area (Å²) in [5.74, 6) is -0.309. The highest BCUT2D eigenvalue weighted by molar-refractivity contribution is 5.78. The van der Waals surface area contributed by atoms with Gasteiger partial charge in [-0.15, -0.1) is 0 Å². The van der Waals surface area contributed by atoms with E-state index in [0.29, 0.717) is 25.5 Å². The van der Waals surface area contributed by atoms with Gasteiger partial charge < -0.3 is 53.8 Å². The number of nitrogens with zero attached hydrogens (tertiary/aromatic N) is 2. The Hall–Kier alpha value is -1.71. The van der Waals surface area contributed by atoms with Crippen molar-refractivity contribution in [1.29, 1.82) is 0 Å². The van der Waals surface area contributed by atoms with Crippen LogP contribution in [0, 0.1) is 17.8 Å². The molecule has 0 aliphatic carbocycles. The number of carbonyl (C=O) groups is 1. The van der Waals surface area contributed by atoms with E-state index in [-0.39, 0.29) is 54.3 Å². The molecule has 0 spiro atoms. The predicted molar refractivity (Wildman–Crippen MR) is 197 cm³/mol. The van der Waals surface area contributed by atoms with Gasteiger partial charge in [-0.3, -0.25) is 4.79 Å². The highest BCUT2D eigenvalue weighted by Gasteiger charge is 2.65. The molecule has 13 atom stereocenters. The Morgan fingerprint density at radius 1 is 1.04 bits per heavy atom. The Morgan fingerprint density at radius 2 is 1.73 bits per heavy atom. The maximum Gasteiger partial charge on any atom is 0.225 e. The number of benzene rings is 1. The molecule has 4 aliphatic heterocycles. The number of carbonyl (C=O) groups excluding carboxylic acids is 1. The standard InChI is InChI=1S/C29H46N2O6.C8H17NO3.C2H6/c1-19-12-13-31(5)17-24(34-18-23-10-8-7-9-11-23)16-30-28(32)21(3)26(20(2)14-19)36-25-15-29(33-6)27(37-29)22(4)35-25;1-5-4-6(9(2)3)7(10)8(11)12-5;1-2/h7-11,19-22,24-27H,12-18H2,1-6H3,(H,30,32);5-8,10-11H,4H2,1-3H3;1-2H3/t19-,20?,21?,22?,24+,25?,26?,27?,29?;;/m0../s1. The molecule has 0 bridgehead atoms. The summed E-state index contributed by atoms with van der Waals surface area (Å²) < 4.78 is 35.5. The number of hydrogen-bond donors (Lipinski definition) is 3. The van der Waals surface area contributed by atoms with Crippen LogP contribution in [-0.4, -0.2) is 135 Å². The van der Waals surface area contributed by atoms with E-state index in [4.69, 9.17) is 28.4 Å². The van der Waals surface area contributed by atoms with Crippen LogP contribution < -0.4 is 5.32 Å². The van der Waals surface area contributed by atoms with Crippen LogP contribution in [0.5, 0.6) is 0 Å². The van der Waals surface area contributed by atoms with E-state index in [1.165, 1.54) is 0 Å². The molecule has 11 unspecified atom stereocenters. The summed E-state index contributed by atoms with van der Waals surface area (Å²) >= 11 is 0. The molecule has 1 amide bonds. The lowest BCUT2D eigenvalue weighted by molar-refractivity contribution is -0.242. The second-order valence-electron chi connectivity index (χ2n) is 15.0. The molecule has 4 fully saturated rings. The van der Waals surface area contributed by atoms with Gasteiger partial charge in [-0.25, -0.2) is 0 Å². The first-order valence-electron chi connectivity index (χ1n) is 19.1. The number of fused-ring (bicyclic) bond motifs is 1. The zero-order chi connectivity index (χ0) is 37.9. The second kappa shape index (κ2) is 20.7. The van der Waals surface area contributed by atoms with Crippen molar-refractivity contribution in [2.24, 2.45) is 17.8 Å². The quantitative estimate of drug-likeness (QED) is 0.353. The van der Waals surface area contributed by atoms with Crippen LogP contribution in [0.2, 0.25) is 0 Å². The predicted octanol–water partition coefficient (Wildman–Crippen LogP) is 4.01. The van der Waals surface area contributed by atoms with Gasteiger partial charge in [0.25, 0.3) is 0 Å². The van der Waals surface area contributed by atoms with Crippen molar-refractivity contribution < 1.29 is 43.4 Å². The third-order valence-electron chi connectivity index (χ3n) is 10.5. The van der Waals surface area contributed by atoms with Crippen molar-refractivity contribution in [1.82, 2.24) is 15.1 Å². The van der Waals surface area contributed by atoms with E-state index in [2.05, 4.69) is 43.2 Å². The number of hydrogen-bond acceptors (Lipinski definition) is 11. The highest BCUT2D eigenvalue weighted by atomic mass is 16.8. The van der Waals surface area contributed by atoms with Gasteiger partial charge in [0.05, 0.1) is 43.4 Å². The number of aliphatic hydroxyl groups is 2. The second-order valence-corrected chi connectivity index (χ2v) is 15.0. The molecule has 3 N–H and O–H groups in total. The van der Waals surface area contributed by atoms with Crippen molar-refractivity contribution in [3.63, 3.8) is 0 Å². The minimum absolute atomic E-state index is 0.01000. The first-order valence-corrected chi connectivity index (χ1v) is 19.1. The van der Waals surface area contributed by atoms with Crippen LogP contribution in [0.25, 0.3) is 0 Å².